The van der Waals surface area contributed by atoms with Gasteiger partial charge in [0, 0.05) is 29.5 Å². The fraction of sp³-hybridized carbons (Fsp3) is 0. The van der Waals surface area contributed by atoms with Crippen LogP contribution in [0, 0.1) is 0 Å². The van der Waals surface area contributed by atoms with Gasteiger partial charge in [-0.1, -0.05) is 78.9 Å². The van der Waals surface area contributed by atoms with Gasteiger partial charge in [0.05, 0.1) is 11.4 Å². The summed E-state index contributed by atoms with van der Waals surface area (Å²) in [4.78, 5) is 12.3. The fourth-order valence-corrected chi connectivity index (χ4v) is 2.90. The number of anilines is 1. The van der Waals surface area contributed by atoms with Crippen LogP contribution in [-0.4, -0.2) is 15.6 Å². The molecule has 0 aliphatic heterocycles. The Balaban J connectivity index is 1.63. The molecule has 0 amide bonds. The van der Waals surface area contributed by atoms with E-state index in [1.54, 1.807) is 18.3 Å². The predicted molar refractivity (Wildman–Crippen MR) is 113 cm³/mol. The Hall–Kier alpha value is -3.92. The van der Waals surface area contributed by atoms with Crippen molar-refractivity contribution in [1.29, 1.82) is 0 Å². The number of nitrogens with one attached hydrogen (secondary N) is 1. The van der Waals surface area contributed by atoms with E-state index < -0.39 is 0 Å². The third kappa shape index (κ3) is 3.91. The summed E-state index contributed by atoms with van der Waals surface area (Å²) in [6.45, 7) is 0. The smallest absolute Gasteiger partial charge is 0.187 e. The first-order valence-electron chi connectivity index (χ1n) is 9.05. The van der Waals surface area contributed by atoms with Crippen LogP contribution in [0.3, 0.4) is 0 Å². The summed E-state index contributed by atoms with van der Waals surface area (Å²) in [7, 11) is 0. The lowest BCUT2D eigenvalue weighted by molar-refractivity contribution is 0.104. The molecule has 0 saturated carbocycles. The van der Waals surface area contributed by atoms with Crippen molar-refractivity contribution < 1.29 is 4.79 Å². The highest BCUT2D eigenvalue weighted by Crippen LogP contribution is 2.24. The largest absolute Gasteiger partial charge is 0.346 e. The van der Waals surface area contributed by atoms with Crippen molar-refractivity contribution in [3.05, 3.63) is 115 Å². The molecule has 0 aliphatic rings. The second-order valence-electron chi connectivity index (χ2n) is 6.24. The molecule has 0 aliphatic carbocycles. The molecule has 0 saturated heterocycles. The van der Waals surface area contributed by atoms with Gasteiger partial charge >= 0.3 is 0 Å². The maximum Gasteiger partial charge on any atom is 0.187 e. The minimum absolute atomic E-state index is 0.0536. The molecular formula is C24H19N3O. The second kappa shape index (κ2) is 8.18. The van der Waals surface area contributed by atoms with Crippen LogP contribution in [0.25, 0.3) is 16.9 Å². The Morgan fingerprint density at radius 2 is 1.43 bits per heavy atom. The van der Waals surface area contributed by atoms with Crippen molar-refractivity contribution in [2.75, 3.05) is 5.32 Å². The van der Waals surface area contributed by atoms with E-state index in [1.165, 1.54) is 6.08 Å². The number of allylic oxidation sites excluding steroid dienone is 1. The molecule has 1 aromatic heterocycles. The SMILES string of the molecule is O=C(/C=C/Nc1cc(-c2ccccc2)nn1-c1ccccc1)c1ccccc1. The average molecular weight is 365 g/mol. The van der Waals surface area contributed by atoms with Crippen molar-refractivity contribution in [3.63, 3.8) is 0 Å². The number of hydrogen-bond donors (Lipinski definition) is 1. The van der Waals surface area contributed by atoms with E-state index in [4.69, 9.17) is 5.10 Å². The number of nitrogens with zero attached hydrogens (tertiary/aromatic N) is 2. The van der Waals surface area contributed by atoms with Gasteiger partial charge < -0.3 is 5.32 Å². The van der Waals surface area contributed by atoms with Gasteiger partial charge in [-0.05, 0) is 12.1 Å². The number of para-hydroxylation sites is 1. The maximum atomic E-state index is 12.3. The zero-order chi connectivity index (χ0) is 19.2. The normalized spacial score (nSPS) is 10.9. The van der Waals surface area contributed by atoms with Crippen LogP contribution >= 0.6 is 0 Å². The van der Waals surface area contributed by atoms with Crippen LogP contribution < -0.4 is 5.32 Å². The van der Waals surface area contributed by atoms with E-state index in [2.05, 4.69) is 5.32 Å². The van der Waals surface area contributed by atoms with Gasteiger partial charge in [0.1, 0.15) is 5.82 Å². The highest BCUT2D eigenvalue weighted by molar-refractivity contribution is 6.04. The Morgan fingerprint density at radius 1 is 0.821 bits per heavy atom. The molecule has 4 aromatic rings. The van der Waals surface area contributed by atoms with Crippen LogP contribution in [0.1, 0.15) is 10.4 Å². The molecule has 4 heteroatoms. The lowest BCUT2D eigenvalue weighted by Gasteiger charge is -2.06. The quantitative estimate of drug-likeness (QED) is 0.370. The molecule has 4 nitrogen and oxygen atoms in total. The van der Waals surface area contributed by atoms with Crippen molar-refractivity contribution in [2.24, 2.45) is 0 Å². The Bertz CT molecular complexity index is 1080. The Kier molecular flexibility index (Phi) is 5.11. The van der Waals surface area contributed by atoms with Gasteiger partial charge in [-0.25, -0.2) is 4.68 Å². The second-order valence-corrected chi connectivity index (χ2v) is 6.24. The van der Waals surface area contributed by atoms with Gasteiger partial charge in [0.25, 0.3) is 0 Å². The topological polar surface area (TPSA) is 46.9 Å². The molecule has 1 heterocycles. The first-order valence-corrected chi connectivity index (χ1v) is 9.05. The van der Waals surface area contributed by atoms with E-state index in [0.29, 0.717) is 5.56 Å². The highest BCUT2D eigenvalue weighted by atomic mass is 16.1. The van der Waals surface area contributed by atoms with E-state index in [9.17, 15) is 4.79 Å². The number of rotatable bonds is 6. The molecule has 136 valence electrons. The first-order chi connectivity index (χ1) is 13.8. The summed E-state index contributed by atoms with van der Waals surface area (Å²) in [5.41, 5.74) is 3.48. The number of hydrogen-bond acceptors (Lipinski definition) is 3. The zero-order valence-electron chi connectivity index (χ0n) is 15.2. The Labute approximate surface area is 163 Å². The molecule has 0 fully saturated rings. The molecule has 3 aromatic carbocycles. The summed E-state index contributed by atoms with van der Waals surface area (Å²) < 4.78 is 1.83. The zero-order valence-corrected chi connectivity index (χ0v) is 15.2. The molecule has 0 spiro atoms. The van der Waals surface area contributed by atoms with E-state index >= 15 is 0 Å². The summed E-state index contributed by atoms with van der Waals surface area (Å²) in [6.07, 6.45) is 3.18. The van der Waals surface area contributed by atoms with Gasteiger partial charge in [0.2, 0.25) is 0 Å². The monoisotopic (exact) mass is 365 g/mol. The number of aromatic nitrogens is 2. The third-order valence-electron chi connectivity index (χ3n) is 4.30. The van der Waals surface area contributed by atoms with Crippen LogP contribution in [0.2, 0.25) is 0 Å². The molecule has 0 unspecified atom stereocenters. The van der Waals surface area contributed by atoms with Crippen molar-refractivity contribution >= 4 is 11.6 Å². The highest BCUT2D eigenvalue weighted by Gasteiger charge is 2.10. The average Bonchev–Trinajstić information content (AvgIpc) is 3.20. The minimum atomic E-state index is -0.0536. The minimum Gasteiger partial charge on any atom is -0.346 e. The van der Waals surface area contributed by atoms with E-state index in [0.717, 1.165) is 22.8 Å². The lowest BCUT2D eigenvalue weighted by atomic mass is 10.1. The third-order valence-corrected chi connectivity index (χ3v) is 4.30. The molecule has 1 N–H and O–H groups in total. The molecular weight excluding hydrogens is 346 g/mol. The standard InChI is InChI=1S/C24H19N3O/c28-23(20-12-6-2-7-13-20)16-17-25-24-18-22(19-10-4-1-5-11-19)26-27(24)21-14-8-3-9-15-21/h1-18,25H/b17-16+. The number of benzene rings is 3. The number of carbonyl (C=O) groups excluding carboxylic acids is 1. The van der Waals surface area contributed by atoms with Crippen molar-refractivity contribution in [1.82, 2.24) is 9.78 Å². The molecule has 0 bridgehead atoms. The van der Waals surface area contributed by atoms with Crippen LogP contribution in [0.15, 0.2) is 109 Å². The van der Waals surface area contributed by atoms with Crippen LogP contribution in [0.4, 0.5) is 5.82 Å². The molecule has 0 atom stereocenters. The predicted octanol–water partition coefficient (Wildman–Crippen LogP) is 5.35. The molecule has 0 radical (unpaired) electrons. The molecule has 28 heavy (non-hydrogen) atoms. The van der Waals surface area contributed by atoms with Gasteiger partial charge in [-0.3, -0.25) is 4.79 Å². The maximum absolute atomic E-state index is 12.3. The number of carbonyl (C=O) groups is 1. The summed E-state index contributed by atoms with van der Waals surface area (Å²) in [5, 5.41) is 7.94. The van der Waals surface area contributed by atoms with Crippen molar-refractivity contribution in [2.45, 2.75) is 0 Å². The van der Waals surface area contributed by atoms with Crippen LogP contribution in [-0.2, 0) is 0 Å². The van der Waals surface area contributed by atoms with Crippen molar-refractivity contribution in [3.8, 4) is 16.9 Å². The first kappa shape index (κ1) is 17.5. The lowest BCUT2D eigenvalue weighted by Crippen LogP contribution is -2.02. The van der Waals surface area contributed by atoms with E-state index in [1.807, 2.05) is 89.6 Å². The van der Waals surface area contributed by atoms with Crippen LogP contribution in [0.5, 0.6) is 0 Å². The molecule has 4 rings (SSSR count). The van der Waals surface area contributed by atoms with Gasteiger partial charge in [-0.2, -0.15) is 5.10 Å². The number of ketones is 1. The Morgan fingerprint density at radius 3 is 2.11 bits per heavy atom. The summed E-state index contributed by atoms with van der Waals surface area (Å²) >= 11 is 0. The van der Waals surface area contributed by atoms with Gasteiger partial charge in [-0.15, -0.1) is 0 Å². The van der Waals surface area contributed by atoms with E-state index in [-0.39, 0.29) is 5.78 Å². The summed E-state index contributed by atoms with van der Waals surface area (Å²) in [6, 6.07) is 31.1. The summed E-state index contributed by atoms with van der Waals surface area (Å²) in [5.74, 6) is 0.726. The fourth-order valence-electron chi connectivity index (χ4n) is 2.90. The van der Waals surface area contributed by atoms with Gasteiger partial charge in [0.15, 0.2) is 5.78 Å².